The highest BCUT2D eigenvalue weighted by atomic mass is 32.2. The highest BCUT2D eigenvalue weighted by Crippen LogP contribution is 2.37. The lowest BCUT2D eigenvalue weighted by Gasteiger charge is -2.29. The van der Waals surface area contributed by atoms with Crippen molar-refractivity contribution in [3.05, 3.63) is 58.2 Å². The van der Waals surface area contributed by atoms with Crippen molar-refractivity contribution in [3.63, 3.8) is 0 Å². The molecular weight excluding hydrogens is 328 g/mol. The van der Waals surface area contributed by atoms with E-state index in [1.807, 2.05) is 45.1 Å². The number of amides is 1. The largest absolute Gasteiger partial charge is 0.467 e. The molecule has 1 saturated heterocycles. The van der Waals surface area contributed by atoms with Crippen molar-refractivity contribution in [2.24, 2.45) is 0 Å². The number of thioether (sulfide) groups is 1. The molecule has 0 spiro atoms. The van der Waals surface area contributed by atoms with E-state index in [9.17, 15) is 4.79 Å². The van der Waals surface area contributed by atoms with E-state index in [-0.39, 0.29) is 5.91 Å². The van der Waals surface area contributed by atoms with E-state index in [1.165, 1.54) is 11.8 Å². The van der Waals surface area contributed by atoms with Gasteiger partial charge in [-0.3, -0.25) is 9.69 Å². The highest BCUT2D eigenvalue weighted by Gasteiger charge is 2.33. The fourth-order valence-corrected chi connectivity index (χ4v) is 4.10. The monoisotopic (exact) mass is 346 g/mol. The second kappa shape index (κ2) is 6.37. The van der Waals surface area contributed by atoms with Crippen LogP contribution in [0.4, 0.5) is 0 Å². The maximum atomic E-state index is 12.5. The molecule has 0 aliphatic carbocycles. The smallest absolute Gasteiger partial charge is 0.266 e. The lowest BCUT2D eigenvalue weighted by Crippen LogP contribution is -2.28. The van der Waals surface area contributed by atoms with Crippen LogP contribution in [0.1, 0.15) is 26.5 Å². The fraction of sp³-hybridized carbons (Fsp3) is 0.294. The third-order valence-corrected chi connectivity index (χ3v) is 5.38. The quantitative estimate of drug-likeness (QED) is 0.610. The summed E-state index contributed by atoms with van der Waals surface area (Å²) < 4.78 is 6.06. The first-order valence-corrected chi connectivity index (χ1v) is 8.68. The van der Waals surface area contributed by atoms with Crippen LogP contribution in [0, 0.1) is 0 Å². The van der Waals surface area contributed by atoms with Gasteiger partial charge in [-0.05, 0) is 50.6 Å². The predicted molar refractivity (Wildman–Crippen MR) is 96.4 cm³/mol. The number of carbonyl (C=O) groups is 1. The van der Waals surface area contributed by atoms with Crippen LogP contribution in [0.3, 0.4) is 0 Å². The Morgan fingerprint density at radius 3 is 2.43 bits per heavy atom. The Hall–Kier alpha value is -1.79. The molecule has 3 heterocycles. The topological polar surface area (TPSA) is 36.7 Å². The van der Waals surface area contributed by atoms with Crippen molar-refractivity contribution in [1.82, 2.24) is 9.80 Å². The van der Waals surface area contributed by atoms with Crippen molar-refractivity contribution in [2.75, 3.05) is 6.54 Å². The number of allylic oxidation sites excluding steroid dienone is 5. The molecule has 0 N–H and O–H groups in total. The predicted octanol–water partition coefficient (Wildman–Crippen LogP) is 4.04. The Bertz CT molecular complexity index is 723. The van der Waals surface area contributed by atoms with Crippen molar-refractivity contribution in [2.45, 2.75) is 27.3 Å². The lowest BCUT2D eigenvalue weighted by molar-refractivity contribution is -0.122. The first-order valence-electron chi connectivity index (χ1n) is 7.45. The van der Waals surface area contributed by atoms with E-state index < -0.39 is 0 Å². The maximum absolute atomic E-state index is 12.5. The molecule has 0 aromatic carbocycles. The van der Waals surface area contributed by atoms with E-state index in [0.29, 0.717) is 22.3 Å². The van der Waals surface area contributed by atoms with Crippen molar-refractivity contribution in [3.8, 4) is 0 Å². The third-order valence-electron chi connectivity index (χ3n) is 3.90. The molecular formula is C17H18N2O2S2. The van der Waals surface area contributed by atoms with E-state index in [0.717, 1.165) is 22.7 Å². The molecule has 3 rings (SSSR count). The number of furan rings is 1. The average molecular weight is 346 g/mol. The van der Waals surface area contributed by atoms with Crippen LogP contribution >= 0.6 is 24.0 Å². The molecule has 23 heavy (non-hydrogen) atoms. The second-order valence-electron chi connectivity index (χ2n) is 5.44. The first-order chi connectivity index (χ1) is 11.0. The molecule has 2 aliphatic heterocycles. The van der Waals surface area contributed by atoms with Gasteiger partial charge in [-0.1, -0.05) is 24.0 Å². The maximum Gasteiger partial charge on any atom is 0.266 e. The van der Waals surface area contributed by atoms with Gasteiger partial charge in [-0.25, -0.2) is 0 Å². The third kappa shape index (κ3) is 3.01. The number of likely N-dealkylation sites (N-methyl/N-ethyl adjacent to an activating group) is 1. The van der Waals surface area contributed by atoms with E-state index in [1.54, 1.807) is 11.2 Å². The van der Waals surface area contributed by atoms with Crippen molar-refractivity contribution in [1.29, 1.82) is 0 Å². The van der Waals surface area contributed by atoms with E-state index in [4.69, 9.17) is 16.6 Å². The van der Waals surface area contributed by atoms with Gasteiger partial charge in [0.15, 0.2) is 0 Å². The van der Waals surface area contributed by atoms with Gasteiger partial charge in [0.2, 0.25) is 0 Å². The first kappa shape index (κ1) is 16.1. The van der Waals surface area contributed by atoms with E-state index >= 15 is 0 Å². The number of hydrogen-bond donors (Lipinski definition) is 0. The Labute approximate surface area is 145 Å². The molecule has 1 aromatic rings. The molecule has 1 amide bonds. The summed E-state index contributed by atoms with van der Waals surface area (Å²) >= 11 is 6.68. The fourth-order valence-electron chi connectivity index (χ4n) is 2.71. The summed E-state index contributed by atoms with van der Waals surface area (Å²) in [5, 5.41) is 0. The number of hydrogen-bond acceptors (Lipinski definition) is 5. The Morgan fingerprint density at radius 1 is 1.22 bits per heavy atom. The minimum absolute atomic E-state index is 0.00471. The van der Waals surface area contributed by atoms with Crippen LogP contribution in [-0.2, 0) is 11.3 Å². The second-order valence-corrected chi connectivity index (χ2v) is 7.08. The Kier molecular flexibility index (Phi) is 4.46. The summed E-state index contributed by atoms with van der Waals surface area (Å²) in [5.41, 5.74) is 3.10. The minimum Gasteiger partial charge on any atom is -0.467 e. The molecule has 6 heteroatoms. The number of rotatable bonds is 3. The zero-order valence-electron chi connectivity index (χ0n) is 13.3. The standard InChI is InChI=1S/C17H18N2O2S2/c1-4-18-16(20)15(23-17(18)22)13-8-11(2)19(12(3)9-13)10-14-6-5-7-21-14/h5-9H,4,10H2,1-3H3. The van der Waals surface area contributed by atoms with Gasteiger partial charge in [0, 0.05) is 17.9 Å². The summed E-state index contributed by atoms with van der Waals surface area (Å²) in [6, 6.07) is 3.85. The van der Waals surface area contributed by atoms with Crippen molar-refractivity contribution < 1.29 is 9.21 Å². The molecule has 1 aromatic heterocycles. The zero-order valence-corrected chi connectivity index (χ0v) is 15.0. The van der Waals surface area contributed by atoms with Crippen molar-refractivity contribution >= 4 is 34.2 Å². The molecule has 1 fully saturated rings. The Morgan fingerprint density at radius 2 is 1.91 bits per heavy atom. The molecule has 0 saturated carbocycles. The van der Waals surface area contributed by atoms with Gasteiger partial charge in [0.25, 0.3) is 5.91 Å². The minimum atomic E-state index is 0.00471. The summed E-state index contributed by atoms with van der Waals surface area (Å²) in [5.74, 6) is 0.913. The van der Waals surface area contributed by atoms with Crippen LogP contribution in [0.25, 0.3) is 0 Å². The molecule has 0 bridgehead atoms. The van der Waals surface area contributed by atoms with Gasteiger partial charge in [0.05, 0.1) is 17.7 Å². The van der Waals surface area contributed by atoms with Crippen LogP contribution < -0.4 is 0 Å². The van der Waals surface area contributed by atoms with Gasteiger partial charge in [-0.2, -0.15) is 0 Å². The molecule has 4 nitrogen and oxygen atoms in total. The molecule has 0 unspecified atom stereocenters. The zero-order chi connectivity index (χ0) is 16.6. The molecule has 0 atom stereocenters. The Balaban J connectivity index is 1.90. The summed E-state index contributed by atoms with van der Waals surface area (Å²) in [6.45, 7) is 7.31. The SMILES string of the molecule is CCN1C(=O)C(=C2C=C(C)N(Cc3ccco3)C(C)=C2)SC1=S. The highest BCUT2D eigenvalue weighted by molar-refractivity contribution is 8.26. The van der Waals surface area contributed by atoms with Crippen LogP contribution in [0.5, 0.6) is 0 Å². The molecule has 120 valence electrons. The van der Waals surface area contributed by atoms with Gasteiger partial charge >= 0.3 is 0 Å². The van der Waals surface area contributed by atoms with Gasteiger partial charge < -0.3 is 9.32 Å². The van der Waals surface area contributed by atoms with E-state index in [2.05, 4.69) is 4.90 Å². The molecule has 0 radical (unpaired) electrons. The van der Waals surface area contributed by atoms with Crippen LogP contribution in [-0.4, -0.2) is 26.6 Å². The number of nitrogens with zero attached hydrogens (tertiary/aromatic N) is 2. The summed E-state index contributed by atoms with van der Waals surface area (Å²) in [4.78, 5) is 17.0. The van der Waals surface area contributed by atoms with Crippen LogP contribution in [0.2, 0.25) is 0 Å². The van der Waals surface area contributed by atoms with Gasteiger partial charge in [0.1, 0.15) is 10.1 Å². The summed E-state index contributed by atoms with van der Waals surface area (Å²) in [7, 11) is 0. The lowest BCUT2D eigenvalue weighted by atomic mass is 10.1. The average Bonchev–Trinajstić information content (AvgIpc) is 3.11. The normalized spacial score (nSPS) is 18.7. The van der Waals surface area contributed by atoms with Crippen LogP contribution in [0.15, 0.2) is 56.8 Å². The number of thiocarbonyl (C=S) groups is 1. The summed E-state index contributed by atoms with van der Waals surface area (Å²) in [6.07, 6.45) is 5.76. The van der Waals surface area contributed by atoms with Gasteiger partial charge in [-0.15, -0.1) is 0 Å². The number of carbonyl (C=O) groups excluding carboxylic acids is 1. The molecule has 2 aliphatic rings.